The van der Waals surface area contributed by atoms with Crippen LogP contribution in [0.25, 0.3) is 0 Å². The van der Waals surface area contributed by atoms with Crippen molar-refractivity contribution in [3.63, 3.8) is 0 Å². The molecule has 0 radical (unpaired) electrons. The lowest BCUT2D eigenvalue weighted by Gasteiger charge is -2.26. The molecule has 3 rings (SSSR count). The van der Waals surface area contributed by atoms with E-state index in [4.69, 9.17) is 9.47 Å². The van der Waals surface area contributed by atoms with Crippen molar-refractivity contribution in [1.82, 2.24) is 5.32 Å². The van der Waals surface area contributed by atoms with E-state index in [1.54, 1.807) is 18.2 Å². The molecule has 0 saturated carbocycles. The highest BCUT2D eigenvalue weighted by Gasteiger charge is 2.27. The van der Waals surface area contributed by atoms with E-state index < -0.39 is 0 Å². The molecule has 0 saturated heterocycles. The van der Waals surface area contributed by atoms with Crippen molar-refractivity contribution in [3.05, 3.63) is 18.2 Å². The molecule has 1 aromatic carbocycles. The van der Waals surface area contributed by atoms with Crippen molar-refractivity contribution in [2.75, 3.05) is 19.7 Å². The molecule has 0 spiro atoms. The van der Waals surface area contributed by atoms with Crippen LogP contribution in [0, 0.1) is 0 Å². The summed E-state index contributed by atoms with van der Waals surface area (Å²) in [6.07, 6.45) is -0.197. The van der Waals surface area contributed by atoms with Gasteiger partial charge >= 0.3 is 0 Å². The van der Waals surface area contributed by atoms with Gasteiger partial charge in [-0.2, -0.15) is 0 Å². The lowest BCUT2D eigenvalue weighted by molar-refractivity contribution is 0.132. The number of amidine groups is 1. The predicted molar refractivity (Wildman–Crippen MR) is 58.3 cm³/mol. The summed E-state index contributed by atoms with van der Waals surface area (Å²) >= 11 is 0. The normalized spacial score (nSPS) is 22.5. The zero-order valence-corrected chi connectivity index (χ0v) is 8.64. The fraction of sp³-hybridized carbons (Fsp3) is 0.364. The highest BCUT2D eigenvalue weighted by Crippen LogP contribution is 2.34. The number of benzene rings is 1. The minimum absolute atomic E-state index is 0.171. The summed E-state index contributed by atoms with van der Waals surface area (Å²) in [7, 11) is 0. The molecule has 2 N–H and O–H groups in total. The molecule has 0 fully saturated rings. The van der Waals surface area contributed by atoms with E-state index in [2.05, 4.69) is 10.3 Å². The van der Waals surface area contributed by atoms with Crippen LogP contribution in [0.2, 0.25) is 0 Å². The van der Waals surface area contributed by atoms with Crippen LogP contribution in [0.15, 0.2) is 23.2 Å². The number of aliphatic imine (C=N–C) groups is 1. The third-order valence-electron chi connectivity index (χ3n) is 2.59. The van der Waals surface area contributed by atoms with E-state index in [1.165, 1.54) is 0 Å². The number of ether oxygens (including phenoxy) is 2. The number of nitrogens with zero attached hydrogens (tertiary/aromatic N) is 1. The van der Waals surface area contributed by atoms with Crippen molar-refractivity contribution < 1.29 is 14.6 Å². The van der Waals surface area contributed by atoms with E-state index in [9.17, 15) is 5.11 Å². The zero-order chi connectivity index (χ0) is 11.0. The molecular weight excluding hydrogens is 208 g/mol. The second kappa shape index (κ2) is 3.59. The maximum Gasteiger partial charge on any atom is 0.189 e. The lowest BCUT2D eigenvalue weighted by atomic mass is 10.2. The van der Waals surface area contributed by atoms with Gasteiger partial charge in [-0.05, 0) is 12.1 Å². The van der Waals surface area contributed by atoms with Gasteiger partial charge in [-0.25, -0.2) is 0 Å². The summed E-state index contributed by atoms with van der Waals surface area (Å²) in [6.45, 7) is 2.08. The summed E-state index contributed by atoms with van der Waals surface area (Å²) in [5.41, 5.74) is 0. The first-order chi connectivity index (χ1) is 7.83. The van der Waals surface area contributed by atoms with E-state index in [-0.39, 0.29) is 11.9 Å². The Morgan fingerprint density at radius 3 is 3.12 bits per heavy atom. The lowest BCUT2D eigenvalue weighted by Crippen LogP contribution is -2.42. The highest BCUT2D eigenvalue weighted by molar-refractivity contribution is 5.88. The highest BCUT2D eigenvalue weighted by atomic mass is 16.6. The zero-order valence-electron chi connectivity index (χ0n) is 8.64. The number of aromatic hydroxyl groups is 1. The minimum atomic E-state index is -0.197. The van der Waals surface area contributed by atoms with E-state index in [0.29, 0.717) is 18.1 Å². The van der Waals surface area contributed by atoms with Crippen molar-refractivity contribution in [1.29, 1.82) is 0 Å². The number of fused-ring (bicyclic) bond motifs is 1. The van der Waals surface area contributed by atoms with Crippen LogP contribution in [0.4, 0.5) is 0 Å². The largest absolute Gasteiger partial charge is 0.508 e. The SMILES string of the molecule is Oc1ccc2c(c1)OC(C1=NCCN1)CO2. The van der Waals surface area contributed by atoms with Gasteiger partial charge in [-0.1, -0.05) is 0 Å². The Bertz CT molecular complexity index is 445. The van der Waals surface area contributed by atoms with Crippen molar-refractivity contribution in [2.24, 2.45) is 4.99 Å². The number of hydrogen-bond acceptors (Lipinski definition) is 5. The van der Waals surface area contributed by atoms with Crippen molar-refractivity contribution >= 4 is 5.84 Å². The standard InChI is InChI=1S/C11H12N2O3/c14-7-1-2-8-9(5-7)16-10(6-15-8)11-12-3-4-13-11/h1-2,5,10,14H,3-4,6H2,(H,12,13). The molecule has 0 aromatic heterocycles. The average Bonchev–Trinajstić information content (AvgIpc) is 2.81. The Hall–Kier alpha value is -1.91. The number of nitrogens with one attached hydrogen (secondary N) is 1. The molecule has 84 valence electrons. The summed E-state index contributed by atoms with van der Waals surface area (Å²) < 4.78 is 11.3. The molecule has 2 aliphatic rings. The monoisotopic (exact) mass is 220 g/mol. The predicted octanol–water partition coefficient (Wildman–Crippen LogP) is 0.534. The third-order valence-corrected chi connectivity index (χ3v) is 2.59. The fourth-order valence-corrected chi connectivity index (χ4v) is 1.83. The van der Waals surface area contributed by atoms with Gasteiger partial charge in [0.25, 0.3) is 0 Å². The molecule has 1 atom stereocenters. The molecule has 2 heterocycles. The fourth-order valence-electron chi connectivity index (χ4n) is 1.83. The van der Waals surface area contributed by atoms with Gasteiger partial charge in [0.1, 0.15) is 18.2 Å². The van der Waals surface area contributed by atoms with Gasteiger partial charge in [0.2, 0.25) is 0 Å². The third kappa shape index (κ3) is 1.54. The summed E-state index contributed by atoms with van der Waals surface area (Å²) in [5, 5.41) is 12.5. The Balaban J connectivity index is 1.85. The smallest absolute Gasteiger partial charge is 0.189 e. The van der Waals surface area contributed by atoms with Crippen LogP contribution in [-0.4, -0.2) is 36.7 Å². The van der Waals surface area contributed by atoms with E-state index >= 15 is 0 Å². The van der Waals surface area contributed by atoms with Crippen LogP contribution in [0.5, 0.6) is 17.2 Å². The maximum atomic E-state index is 9.36. The second-order valence-electron chi connectivity index (χ2n) is 3.74. The Morgan fingerprint density at radius 2 is 2.31 bits per heavy atom. The van der Waals surface area contributed by atoms with Gasteiger partial charge < -0.3 is 19.9 Å². The first-order valence-corrected chi connectivity index (χ1v) is 5.23. The molecule has 0 amide bonds. The second-order valence-corrected chi connectivity index (χ2v) is 3.74. The minimum Gasteiger partial charge on any atom is -0.508 e. The van der Waals surface area contributed by atoms with Crippen LogP contribution >= 0.6 is 0 Å². The molecule has 5 heteroatoms. The molecule has 1 aromatic rings. The number of hydrogen-bond donors (Lipinski definition) is 2. The van der Waals surface area contributed by atoms with Gasteiger partial charge in [0.05, 0.1) is 6.54 Å². The summed E-state index contributed by atoms with van der Waals surface area (Å²) in [6, 6.07) is 4.83. The van der Waals surface area contributed by atoms with Crippen LogP contribution < -0.4 is 14.8 Å². The Morgan fingerprint density at radius 1 is 1.38 bits per heavy atom. The molecule has 16 heavy (non-hydrogen) atoms. The molecule has 0 bridgehead atoms. The average molecular weight is 220 g/mol. The van der Waals surface area contributed by atoms with Gasteiger partial charge in [-0.3, -0.25) is 4.99 Å². The maximum absolute atomic E-state index is 9.36. The quantitative estimate of drug-likeness (QED) is 0.724. The van der Waals surface area contributed by atoms with Crippen LogP contribution in [0.3, 0.4) is 0 Å². The van der Waals surface area contributed by atoms with E-state index in [0.717, 1.165) is 18.9 Å². The number of phenols is 1. The summed E-state index contributed by atoms with van der Waals surface area (Å²) in [4.78, 5) is 4.29. The first kappa shape index (κ1) is 9.33. The van der Waals surface area contributed by atoms with E-state index in [1.807, 2.05) is 0 Å². The first-order valence-electron chi connectivity index (χ1n) is 5.23. The van der Waals surface area contributed by atoms with Crippen molar-refractivity contribution in [3.8, 4) is 17.2 Å². The molecule has 2 aliphatic heterocycles. The summed E-state index contributed by atoms with van der Waals surface area (Å²) in [5.74, 6) is 2.22. The van der Waals surface area contributed by atoms with Crippen LogP contribution in [0.1, 0.15) is 0 Å². The molecule has 1 unspecified atom stereocenters. The molecular formula is C11H12N2O3. The van der Waals surface area contributed by atoms with Gasteiger partial charge in [0.15, 0.2) is 17.6 Å². The van der Waals surface area contributed by atoms with Gasteiger partial charge in [-0.15, -0.1) is 0 Å². The van der Waals surface area contributed by atoms with Crippen LogP contribution in [-0.2, 0) is 0 Å². The number of phenolic OH excluding ortho intramolecular Hbond substituents is 1. The Labute approximate surface area is 92.7 Å². The van der Waals surface area contributed by atoms with Gasteiger partial charge in [0, 0.05) is 12.6 Å². The Kier molecular flexibility index (Phi) is 2.09. The molecule has 5 nitrogen and oxygen atoms in total. The number of rotatable bonds is 1. The topological polar surface area (TPSA) is 63.1 Å². The van der Waals surface area contributed by atoms with Crippen molar-refractivity contribution in [2.45, 2.75) is 6.10 Å². The molecule has 0 aliphatic carbocycles.